The average molecular weight is 209 g/mol. The van der Waals surface area contributed by atoms with Gasteiger partial charge in [-0.15, -0.1) is 0 Å². The molecule has 0 aliphatic rings. The summed E-state index contributed by atoms with van der Waals surface area (Å²) in [6, 6.07) is 0.353. The Morgan fingerprint density at radius 3 is 2.80 bits per heavy atom. The molecule has 1 heterocycles. The summed E-state index contributed by atoms with van der Waals surface area (Å²) in [5, 5.41) is 3.50. The molecule has 0 aliphatic heterocycles. The second kappa shape index (κ2) is 6.62. The van der Waals surface area contributed by atoms with Gasteiger partial charge in [0, 0.05) is 19.4 Å². The summed E-state index contributed by atoms with van der Waals surface area (Å²) >= 11 is 0. The number of hydrogen-bond acceptors (Lipinski definition) is 2. The van der Waals surface area contributed by atoms with Crippen molar-refractivity contribution in [2.24, 2.45) is 7.05 Å². The molecule has 1 unspecified atom stereocenters. The van der Waals surface area contributed by atoms with E-state index in [-0.39, 0.29) is 0 Å². The zero-order chi connectivity index (χ0) is 11.1. The molecule has 0 saturated heterocycles. The first-order valence-electron chi connectivity index (χ1n) is 5.96. The van der Waals surface area contributed by atoms with Crippen LogP contribution in [0.15, 0.2) is 12.4 Å². The predicted octanol–water partition coefficient (Wildman–Crippen LogP) is 2.65. The van der Waals surface area contributed by atoms with Gasteiger partial charge in [-0.25, -0.2) is 4.98 Å². The molecule has 1 rings (SSSR count). The van der Waals surface area contributed by atoms with E-state index in [0.29, 0.717) is 6.04 Å². The summed E-state index contributed by atoms with van der Waals surface area (Å²) in [7, 11) is 2.04. The number of imidazole rings is 1. The highest BCUT2D eigenvalue weighted by Gasteiger charge is 2.08. The molecule has 3 heteroatoms. The summed E-state index contributed by atoms with van der Waals surface area (Å²) in [6.45, 7) is 5.50. The fourth-order valence-corrected chi connectivity index (χ4v) is 1.76. The Labute approximate surface area is 92.9 Å². The quantitative estimate of drug-likeness (QED) is 0.700. The molecule has 0 aromatic carbocycles. The third-order valence-electron chi connectivity index (χ3n) is 2.73. The first-order chi connectivity index (χ1) is 7.25. The molecule has 1 atom stereocenters. The maximum absolute atomic E-state index is 4.33. The van der Waals surface area contributed by atoms with Gasteiger partial charge in [0.15, 0.2) is 0 Å². The van der Waals surface area contributed by atoms with Crippen LogP contribution in [0.4, 0.5) is 0 Å². The largest absolute Gasteiger partial charge is 0.337 e. The Bertz CT molecular complexity index is 268. The zero-order valence-corrected chi connectivity index (χ0v) is 10.2. The molecule has 86 valence electrons. The summed E-state index contributed by atoms with van der Waals surface area (Å²) in [5.74, 6) is 1.12. The lowest BCUT2D eigenvalue weighted by molar-refractivity contribution is 0.507. The fraction of sp³-hybridized carbons (Fsp3) is 0.750. The Morgan fingerprint density at radius 1 is 1.40 bits per heavy atom. The first kappa shape index (κ1) is 12.2. The van der Waals surface area contributed by atoms with E-state index in [1.807, 2.05) is 19.4 Å². The minimum atomic E-state index is 0.353. The molecular weight excluding hydrogens is 186 g/mol. The number of rotatable bonds is 7. The van der Waals surface area contributed by atoms with Crippen LogP contribution in [-0.2, 0) is 7.05 Å². The van der Waals surface area contributed by atoms with Crippen molar-refractivity contribution >= 4 is 0 Å². The van der Waals surface area contributed by atoms with Crippen molar-refractivity contribution in [3.8, 4) is 0 Å². The molecule has 0 saturated carbocycles. The van der Waals surface area contributed by atoms with Gasteiger partial charge in [0.05, 0.1) is 6.04 Å². The molecule has 0 aliphatic carbocycles. The van der Waals surface area contributed by atoms with E-state index >= 15 is 0 Å². The Morgan fingerprint density at radius 2 is 2.20 bits per heavy atom. The van der Waals surface area contributed by atoms with Crippen molar-refractivity contribution in [2.45, 2.75) is 45.6 Å². The van der Waals surface area contributed by atoms with Crippen LogP contribution in [0.5, 0.6) is 0 Å². The predicted molar refractivity (Wildman–Crippen MR) is 63.8 cm³/mol. The van der Waals surface area contributed by atoms with Crippen LogP contribution in [-0.4, -0.2) is 16.1 Å². The lowest BCUT2D eigenvalue weighted by Crippen LogP contribution is -2.22. The van der Waals surface area contributed by atoms with Crippen LogP contribution < -0.4 is 5.32 Å². The first-order valence-corrected chi connectivity index (χ1v) is 5.96. The topological polar surface area (TPSA) is 29.9 Å². The van der Waals surface area contributed by atoms with Crippen LogP contribution in [0, 0.1) is 0 Å². The highest BCUT2D eigenvalue weighted by atomic mass is 15.1. The maximum atomic E-state index is 4.33. The van der Waals surface area contributed by atoms with Gasteiger partial charge >= 0.3 is 0 Å². The number of nitrogens with one attached hydrogen (secondary N) is 1. The van der Waals surface area contributed by atoms with E-state index < -0.39 is 0 Å². The lowest BCUT2D eigenvalue weighted by atomic mass is 10.2. The van der Waals surface area contributed by atoms with Crippen LogP contribution in [0.2, 0.25) is 0 Å². The summed E-state index contributed by atoms with van der Waals surface area (Å²) in [4.78, 5) is 4.33. The van der Waals surface area contributed by atoms with E-state index in [9.17, 15) is 0 Å². The van der Waals surface area contributed by atoms with Crippen LogP contribution in [0.1, 0.15) is 51.4 Å². The minimum Gasteiger partial charge on any atom is -0.337 e. The van der Waals surface area contributed by atoms with Gasteiger partial charge in [0.1, 0.15) is 5.82 Å². The molecule has 1 N–H and O–H groups in total. The fourth-order valence-electron chi connectivity index (χ4n) is 1.76. The number of aryl methyl sites for hydroxylation is 1. The maximum Gasteiger partial charge on any atom is 0.125 e. The molecular formula is C12H23N3. The Hall–Kier alpha value is -0.830. The second-order valence-electron chi connectivity index (χ2n) is 4.13. The van der Waals surface area contributed by atoms with Crippen LogP contribution in [0.3, 0.4) is 0 Å². The molecule has 0 amide bonds. The van der Waals surface area contributed by atoms with E-state index in [0.717, 1.165) is 12.4 Å². The molecule has 0 bridgehead atoms. The van der Waals surface area contributed by atoms with E-state index in [1.54, 1.807) is 0 Å². The molecule has 0 radical (unpaired) electrons. The molecule has 1 aromatic heterocycles. The van der Waals surface area contributed by atoms with Gasteiger partial charge in [-0.2, -0.15) is 0 Å². The number of aromatic nitrogens is 2. The van der Waals surface area contributed by atoms with Crippen molar-refractivity contribution in [3.05, 3.63) is 18.2 Å². The normalized spacial score (nSPS) is 13.0. The number of nitrogens with zero attached hydrogens (tertiary/aromatic N) is 2. The highest BCUT2D eigenvalue weighted by molar-refractivity contribution is 4.96. The smallest absolute Gasteiger partial charge is 0.125 e. The minimum absolute atomic E-state index is 0.353. The third-order valence-corrected chi connectivity index (χ3v) is 2.73. The van der Waals surface area contributed by atoms with E-state index in [4.69, 9.17) is 0 Å². The third kappa shape index (κ3) is 4.04. The highest BCUT2D eigenvalue weighted by Crippen LogP contribution is 2.08. The molecule has 0 spiro atoms. The van der Waals surface area contributed by atoms with Crippen LogP contribution in [0.25, 0.3) is 0 Å². The van der Waals surface area contributed by atoms with Gasteiger partial charge in [-0.1, -0.05) is 26.2 Å². The second-order valence-corrected chi connectivity index (χ2v) is 4.13. The SMILES string of the molecule is CCCCCCNC(C)c1nccn1C. The Kier molecular flexibility index (Phi) is 5.40. The average Bonchev–Trinajstić information content (AvgIpc) is 2.64. The Balaban J connectivity index is 2.19. The zero-order valence-electron chi connectivity index (χ0n) is 10.2. The standard InChI is InChI=1S/C12H23N3/c1-4-5-6-7-8-13-11(2)12-14-9-10-15(12)3/h9-11,13H,4-8H2,1-3H3. The van der Waals surface area contributed by atoms with E-state index in [1.165, 1.54) is 25.7 Å². The summed E-state index contributed by atoms with van der Waals surface area (Å²) in [5.41, 5.74) is 0. The van der Waals surface area contributed by atoms with Crippen molar-refractivity contribution in [1.82, 2.24) is 14.9 Å². The van der Waals surface area contributed by atoms with Gasteiger partial charge in [0.2, 0.25) is 0 Å². The van der Waals surface area contributed by atoms with E-state index in [2.05, 4.69) is 28.7 Å². The van der Waals surface area contributed by atoms with Crippen molar-refractivity contribution in [1.29, 1.82) is 0 Å². The van der Waals surface area contributed by atoms with Gasteiger partial charge in [-0.05, 0) is 19.9 Å². The van der Waals surface area contributed by atoms with Gasteiger partial charge < -0.3 is 9.88 Å². The number of unbranched alkanes of at least 4 members (excludes halogenated alkanes) is 3. The molecule has 3 nitrogen and oxygen atoms in total. The van der Waals surface area contributed by atoms with Gasteiger partial charge in [-0.3, -0.25) is 0 Å². The van der Waals surface area contributed by atoms with Crippen molar-refractivity contribution in [2.75, 3.05) is 6.54 Å². The summed E-state index contributed by atoms with van der Waals surface area (Å²) < 4.78 is 2.07. The van der Waals surface area contributed by atoms with Crippen molar-refractivity contribution < 1.29 is 0 Å². The monoisotopic (exact) mass is 209 g/mol. The van der Waals surface area contributed by atoms with Crippen LogP contribution >= 0.6 is 0 Å². The molecule has 0 fully saturated rings. The molecule has 1 aromatic rings. The number of hydrogen-bond donors (Lipinski definition) is 1. The van der Waals surface area contributed by atoms with Crippen molar-refractivity contribution in [3.63, 3.8) is 0 Å². The molecule has 15 heavy (non-hydrogen) atoms. The lowest BCUT2D eigenvalue weighted by Gasteiger charge is -2.13. The van der Waals surface area contributed by atoms with Gasteiger partial charge in [0.25, 0.3) is 0 Å². The summed E-state index contributed by atoms with van der Waals surface area (Å²) in [6.07, 6.45) is 9.09.